The first-order valence-electron chi connectivity index (χ1n) is 6.93. The molecule has 7 heteroatoms. The lowest BCUT2D eigenvalue weighted by Crippen LogP contribution is -2.41. The Morgan fingerprint density at radius 2 is 1.95 bits per heavy atom. The SMILES string of the molecule is O=C(O)CC1(CS(=O)CC(=O)NC2CCOCC2)CC1. The number of carboxylic acids is 1. The Kier molecular flexibility index (Phi) is 5.15. The maximum atomic E-state index is 12.0. The number of aliphatic carboxylic acids is 1. The molecule has 1 heterocycles. The standard InChI is InChI=1S/C13H21NO5S/c15-11(14-10-1-5-19-6-2-10)8-20(18)9-13(3-4-13)7-12(16)17/h10H,1-9H2,(H,14,15)(H,16,17). The Morgan fingerprint density at radius 3 is 2.50 bits per heavy atom. The number of nitrogens with one attached hydrogen (secondary N) is 1. The summed E-state index contributed by atoms with van der Waals surface area (Å²) in [5, 5.41) is 11.7. The van der Waals surface area contributed by atoms with Gasteiger partial charge in [-0.3, -0.25) is 13.8 Å². The van der Waals surface area contributed by atoms with Crippen molar-refractivity contribution >= 4 is 22.7 Å². The van der Waals surface area contributed by atoms with Gasteiger partial charge in [0.15, 0.2) is 0 Å². The molecule has 2 rings (SSSR count). The monoisotopic (exact) mass is 303 g/mol. The van der Waals surface area contributed by atoms with E-state index in [0.29, 0.717) is 19.0 Å². The van der Waals surface area contributed by atoms with Gasteiger partial charge in [-0.1, -0.05) is 0 Å². The second-order valence-corrected chi connectivity index (χ2v) is 7.21. The fraction of sp³-hybridized carbons (Fsp3) is 0.846. The van der Waals surface area contributed by atoms with Gasteiger partial charge in [-0.15, -0.1) is 0 Å². The number of rotatable bonds is 7. The summed E-state index contributed by atoms with van der Waals surface area (Å²) in [6.07, 6.45) is 3.24. The van der Waals surface area contributed by atoms with Crippen LogP contribution in [0.3, 0.4) is 0 Å². The minimum atomic E-state index is -1.28. The Morgan fingerprint density at radius 1 is 1.30 bits per heavy atom. The number of carboxylic acid groups (broad SMARTS) is 1. The van der Waals surface area contributed by atoms with Crippen LogP contribution in [0.25, 0.3) is 0 Å². The van der Waals surface area contributed by atoms with Crippen molar-refractivity contribution in [3.05, 3.63) is 0 Å². The molecule has 1 amide bonds. The molecule has 2 fully saturated rings. The van der Waals surface area contributed by atoms with Crippen LogP contribution in [0.15, 0.2) is 0 Å². The lowest BCUT2D eigenvalue weighted by molar-refractivity contribution is -0.138. The second-order valence-electron chi connectivity index (χ2n) is 5.75. The topological polar surface area (TPSA) is 92.7 Å². The smallest absolute Gasteiger partial charge is 0.303 e. The van der Waals surface area contributed by atoms with Crippen molar-refractivity contribution in [2.75, 3.05) is 24.7 Å². The number of carbonyl (C=O) groups is 2. The molecule has 0 aromatic rings. The molecule has 1 unspecified atom stereocenters. The zero-order valence-corrected chi connectivity index (χ0v) is 12.2. The van der Waals surface area contributed by atoms with Crippen LogP contribution < -0.4 is 5.32 Å². The van der Waals surface area contributed by atoms with E-state index in [1.54, 1.807) is 0 Å². The molecule has 114 valence electrons. The van der Waals surface area contributed by atoms with E-state index in [-0.39, 0.29) is 29.5 Å². The van der Waals surface area contributed by atoms with Crippen LogP contribution in [0, 0.1) is 5.41 Å². The van der Waals surface area contributed by atoms with E-state index in [4.69, 9.17) is 9.84 Å². The highest BCUT2D eigenvalue weighted by Gasteiger charge is 2.45. The minimum absolute atomic E-state index is 0.0290. The molecule has 6 nitrogen and oxygen atoms in total. The fourth-order valence-electron chi connectivity index (χ4n) is 2.52. The van der Waals surface area contributed by atoms with Gasteiger partial charge in [-0.2, -0.15) is 0 Å². The van der Waals surface area contributed by atoms with Crippen molar-refractivity contribution in [3.63, 3.8) is 0 Å². The van der Waals surface area contributed by atoms with Crippen molar-refractivity contribution in [2.24, 2.45) is 5.41 Å². The molecular weight excluding hydrogens is 282 g/mol. The lowest BCUT2D eigenvalue weighted by Gasteiger charge is -2.23. The van der Waals surface area contributed by atoms with Crippen molar-refractivity contribution in [2.45, 2.75) is 38.1 Å². The molecule has 1 saturated carbocycles. The highest BCUT2D eigenvalue weighted by atomic mass is 32.2. The van der Waals surface area contributed by atoms with Gasteiger partial charge in [-0.05, 0) is 31.1 Å². The highest BCUT2D eigenvalue weighted by Crippen LogP contribution is 2.49. The lowest BCUT2D eigenvalue weighted by atomic mass is 10.1. The first-order chi connectivity index (χ1) is 9.49. The largest absolute Gasteiger partial charge is 0.481 e. The summed E-state index contributed by atoms with van der Waals surface area (Å²) in [7, 11) is -1.28. The average molecular weight is 303 g/mol. The highest BCUT2D eigenvalue weighted by molar-refractivity contribution is 7.85. The van der Waals surface area contributed by atoms with E-state index in [1.807, 2.05) is 0 Å². The number of carbonyl (C=O) groups excluding carboxylic acids is 1. The summed E-state index contributed by atoms with van der Waals surface area (Å²) < 4.78 is 17.2. The van der Waals surface area contributed by atoms with Gasteiger partial charge >= 0.3 is 5.97 Å². The predicted octanol–water partition coefficient (Wildman–Crippen LogP) is 0.285. The number of hydrogen-bond donors (Lipinski definition) is 2. The van der Waals surface area contributed by atoms with Gasteiger partial charge in [0, 0.05) is 35.8 Å². The third-order valence-electron chi connectivity index (χ3n) is 3.83. The second kappa shape index (κ2) is 6.67. The summed E-state index contributed by atoms with van der Waals surface area (Å²) in [6.45, 7) is 1.30. The van der Waals surface area contributed by atoms with Gasteiger partial charge in [-0.25, -0.2) is 0 Å². The normalized spacial score (nSPS) is 23.0. The fourth-order valence-corrected chi connectivity index (χ4v) is 4.07. The molecule has 0 aromatic heterocycles. The van der Waals surface area contributed by atoms with E-state index < -0.39 is 16.8 Å². The molecule has 2 N–H and O–H groups in total. The third-order valence-corrected chi connectivity index (χ3v) is 5.35. The van der Waals surface area contributed by atoms with Crippen LogP contribution in [0.4, 0.5) is 0 Å². The Bertz CT molecular complexity index is 402. The summed E-state index contributed by atoms with van der Waals surface area (Å²) in [4.78, 5) is 22.5. The quantitative estimate of drug-likeness (QED) is 0.705. The van der Waals surface area contributed by atoms with Crippen molar-refractivity contribution in [1.82, 2.24) is 5.32 Å². The van der Waals surface area contributed by atoms with Crippen LogP contribution in [0.5, 0.6) is 0 Å². The van der Waals surface area contributed by atoms with E-state index in [0.717, 1.165) is 25.7 Å². The van der Waals surface area contributed by atoms with E-state index in [9.17, 15) is 13.8 Å². The third kappa shape index (κ3) is 4.86. The van der Waals surface area contributed by atoms with Gasteiger partial charge in [0.05, 0.1) is 6.42 Å². The molecular formula is C13H21NO5S. The van der Waals surface area contributed by atoms with E-state index in [1.165, 1.54) is 0 Å². The molecule has 1 atom stereocenters. The summed E-state index contributed by atoms with van der Waals surface area (Å²) in [5.41, 5.74) is -0.324. The molecule has 20 heavy (non-hydrogen) atoms. The zero-order chi connectivity index (χ0) is 14.6. The van der Waals surface area contributed by atoms with Crippen LogP contribution in [0.2, 0.25) is 0 Å². The Balaban J connectivity index is 1.71. The number of hydrogen-bond acceptors (Lipinski definition) is 4. The van der Waals surface area contributed by atoms with Crippen LogP contribution >= 0.6 is 0 Å². The van der Waals surface area contributed by atoms with Crippen molar-refractivity contribution < 1.29 is 23.6 Å². The van der Waals surface area contributed by atoms with Crippen LogP contribution in [0.1, 0.15) is 32.1 Å². The molecule has 1 aliphatic heterocycles. The molecule has 0 radical (unpaired) electrons. The minimum Gasteiger partial charge on any atom is -0.481 e. The Hall–Kier alpha value is -0.950. The van der Waals surface area contributed by atoms with Crippen LogP contribution in [-0.2, 0) is 25.1 Å². The number of amides is 1. The summed E-state index contributed by atoms with van der Waals surface area (Å²) in [6, 6.07) is 0.113. The zero-order valence-electron chi connectivity index (χ0n) is 11.4. The number of ether oxygens (including phenoxy) is 1. The van der Waals surface area contributed by atoms with E-state index in [2.05, 4.69) is 5.32 Å². The van der Waals surface area contributed by atoms with Gasteiger partial charge in [0.25, 0.3) is 0 Å². The predicted molar refractivity (Wildman–Crippen MR) is 73.8 cm³/mol. The maximum absolute atomic E-state index is 12.0. The first-order valence-corrected chi connectivity index (χ1v) is 8.42. The maximum Gasteiger partial charge on any atom is 0.303 e. The van der Waals surface area contributed by atoms with E-state index >= 15 is 0 Å². The van der Waals surface area contributed by atoms with Crippen molar-refractivity contribution in [3.8, 4) is 0 Å². The first kappa shape index (κ1) is 15.4. The molecule has 0 spiro atoms. The molecule has 0 bridgehead atoms. The van der Waals surface area contributed by atoms with Crippen molar-refractivity contribution in [1.29, 1.82) is 0 Å². The average Bonchev–Trinajstić information content (AvgIpc) is 3.07. The summed E-state index contributed by atoms with van der Waals surface area (Å²) >= 11 is 0. The van der Waals surface area contributed by atoms with Gasteiger partial charge in [0.2, 0.25) is 5.91 Å². The van der Waals surface area contributed by atoms with Gasteiger partial charge < -0.3 is 15.2 Å². The van der Waals surface area contributed by atoms with Gasteiger partial charge in [0.1, 0.15) is 5.75 Å². The molecule has 0 aromatic carbocycles. The molecule has 1 saturated heterocycles. The molecule has 2 aliphatic rings. The summed E-state index contributed by atoms with van der Waals surface area (Å²) in [5.74, 6) is -0.772. The van der Waals surface area contributed by atoms with Crippen LogP contribution in [-0.4, -0.2) is 52.0 Å². The molecule has 1 aliphatic carbocycles. The Labute approximate surface area is 120 Å².